The van der Waals surface area contributed by atoms with Crippen LogP contribution in [0.3, 0.4) is 0 Å². The van der Waals surface area contributed by atoms with Crippen LogP contribution in [0.15, 0.2) is 6.07 Å². The van der Waals surface area contributed by atoms with Crippen LogP contribution in [0.5, 0.6) is 0 Å². The summed E-state index contributed by atoms with van der Waals surface area (Å²) in [4.78, 5) is 8.75. The second kappa shape index (κ2) is 7.87. The average Bonchev–Trinajstić information content (AvgIpc) is 2.28. The fraction of sp³-hybridized carbons (Fsp3) is 0.692. The number of nitrogens with two attached hydrogens (primary N) is 1. The summed E-state index contributed by atoms with van der Waals surface area (Å²) in [7, 11) is 0. The van der Waals surface area contributed by atoms with Crippen LogP contribution >= 0.6 is 0 Å². The highest BCUT2D eigenvalue weighted by Crippen LogP contribution is 2.12. The summed E-state index contributed by atoms with van der Waals surface area (Å²) in [5.41, 5.74) is 5.54. The second-order valence-electron chi connectivity index (χ2n) is 4.59. The van der Waals surface area contributed by atoms with Crippen molar-refractivity contribution in [3.05, 3.63) is 11.9 Å². The van der Waals surface area contributed by atoms with Crippen LogP contribution < -0.4 is 16.4 Å². The third kappa shape index (κ3) is 5.31. The van der Waals surface area contributed by atoms with Gasteiger partial charge in [-0.15, -0.1) is 0 Å². The molecule has 5 heteroatoms. The molecule has 0 spiro atoms. The van der Waals surface area contributed by atoms with Crippen molar-refractivity contribution in [2.45, 2.75) is 46.1 Å². The van der Waals surface area contributed by atoms with E-state index in [2.05, 4.69) is 34.4 Å². The van der Waals surface area contributed by atoms with E-state index in [1.165, 1.54) is 6.42 Å². The Balaban J connectivity index is 2.62. The van der Waals surface area contributed by atoms with Crippen molar-refractivity contribution >= 4 is 11.6 Å². The Hall–Kier alpha value is -1.36. The normalized spacial score (nSPS) is 12.2. The number of anilines is 2. The largest absolute Gasteiger partial charge is 0.370 e. The quantitative estimate of drug-likeness (QED) is 0.617. The van der Waals surface area contributed by atoms with Gasteiger partial charge in [-0.05, 0) is 33.2 Å². The Morgan fingerprint density at radius 1 is 1.33 bits per heavy atom. The predicted octanol–water partition coefficient (Wildman–Crippen LogP) is 2.15. The van der Waals surface area contributed by atoms with Gasteiger partial charge in [-0.3, -0.25) is 0 Å². The van der Waals surface area contributed by atoms with E-state index in [9.17, 15) is 0 Å². The molecule has 0 radical (unpaired) electrons. The van der Waals surface area contributed by atoms with Crippen molar-refractivity contribution in [2.75, 3.05) is 23.7 Å². The smallest absolute Gasteiger partial charge is 0.132 e. The molecule has 4 N–H and O–H groups in total. The summed E-state index contributed by atoms with van der Waals surface area (Å²) >= 11 is 0. The molecule has 0 aliphatic heterocycles. The number of hydrogen-bond donors (Lipinski definition) is 3. The molecule has 1 aromatic heterocycles. The SMILES string of the molecule is CCCCNc1cc(NC(C)CCN)nc(C)n1. The molecular weight excluding hydrogens is 226 g/mol. The second-order valence-corrected chi connectivity index (χ2v) is 4.59. The van der Waals surface area contributed by atoms with E-state index in [1.54, 1.807) is 0 Å². The maximum atomic E-state index is 5.54. The maximum absolute atomic E-state index is 5.54. The van der Waals surface area contributed by atoms with Crippen LogP contribution in [-0.4, -0.2) is 29.1 Å². The molecule has 0 saturated heterocycles. The highest BCUT2D eigenvalue weighted by atomic mass is 15.1. The summed E-state index contributed by atoms with van der Waals surface area (Å²) in [6, 6.07) is 2.28. The van der Waals surface area contributed by atoms with Crippen molar-refractivity contribution in [1.29, 1.82) is 0 Å². The Labute approximate surface area is 110 Å². The lowest BCUT2D eigenvalue weighted by Gasteiger charge is -2.15. The Bertz CT molecular complexity index is 353. The van der Waals surface area contributed by atoms with E-state index < -0.39 is 0 Å². The topological polar surface area (TPSA) is 75.9 Å². The number of rotatable bonds is 8. The van der Waals surface area contributed by atoms with Crippen molar-refractivity contribution in [3.63, 3.8) is 0 Å². The van der Waals surface area contributed by atoms with E-state index >= 15 is 0 Å². The molecule has 1 heterocycles. The van der Waals surface area contributed by atoms with E-state index in [0.29, 0.717) is 12.6 Å². The summed E-state index contributed by atoms with van der Waals surface area (Å²) in [5.74, 6) is 2.53. The molecule has 5 nitrogen and oxygen atoms in total. The molecule has 1 atom stereocenters. The molecule has 1 rings (SSSR count). The highest BCUT2D eigenvalue weighted by Gasteiger charge is 2.05. The molecular formula is C13H25N5. The van der Waals surface area contributed by atoms with Gasteiger partial charge in [-0.2, -0.15) is 0 Å². The zero-order valence-corrected chi connectivity index (χ0v) is 11.7. The van der Waals surface area contributed by atoms with Crippen LogP contribution in [0.1, 0.15) is 38.9 Å². The van der Waals surface area contributed by atoms with E-state index in [0.717, 1.165) is 36.8 Å². The molecule has 0 saturated carbocycles. The van der Waals surface area contributed by atoms with Crippen molar-refractivity contribution in [3.8, 4) is 0 Å². The van der Waals surface area contributed by atoms with Crippen molar-refractivity contribution in [1.82, 2.24) is 9.97 Å². The first-order chi connectivity index (χ1) is 8.65. The number of nitrogens with zero attached hydrogens (tertiary/aromatic N) is 2. The predicted molar refractivity (Wildman–Crippen MR) is 76.9 cm³/mol. The van der Waals surface area contributed by atoms with Gasteiger partial charge in [0, 0.05) is 18.7 Å². The number of unbranched alkanes of at least 4 members (excludes halogenated alkanes) is 1. The lowest BCUT2D eigenvalue weighted by molar-refractivity contribution is 0.712. The van der Waals surface area contributed by atoms with Crippen LogP contribution in [0, 0.1) is 6.92 Å². The lowest BCUT2D eigenvalue weighted by atomic mass is 10.2. The first-order valence-electron chi connectivity index (χ1n) is 6.71. The summed E-state index contributed by atoms with van der Waals surface area (Å²) in [5, 5.41) is 6.66. The molecule has 0 aliphatic carbocycles. The van der Waals surface area contributed by atoms with Crippen LogP contribution in [0.4, 0.5) is 11.6 Å². The third-order valence-electron chi connectivity index (χ3n) is 2.67. The molecule has 0 aliphatic rings. The molecule has 18 heavy (non-hydrogen) atoms. The zero-order chi connectivity index (χ0) is 13.4. The fourth-order valence-electron chi connectivity index (χ4n) is 1.70. The summed E-state index contributed by atoms with van der Waals surface area (Å²) in [6.07, 6.45) is 3.26. The monoisotopic (exact) mass is 251 g/mol. The standard InChI is InChI=1S/C13H25N5/c1-4-5-8-15-12-9-13(18-11(3)17-12)16-10(2)6-7-14/h9-10H,4-8,14H2,1-3H3,(H2,15,16,17,18). The Morgan fingerprint density at radius 3 is 2.72 bits per heavy atom. The van der Waals surface area contributed by atoms with Gasteiger partial charge in [-0.25, -0.2) is 9.97 Å². The maximum Gasteiger partial charge on any atom is 0.132 e. The highest BCUT2D eigenvalue weighted by molar-refractivity contribution is 5.47. The first kappa shape index (κ1) is 14.7. The molecule has 1 unspecified atom stereocenters. The molecule has 0 bridgehead atoms. The van der Waals surface area contributed by atoms with Gasteiger partial charge >= 0.3 is 0 Å². The van der Waals surface area contributed by atoms with Gasteiger partial charge in [0.15, 0.2) is 0 Å². The summed E-state index contributed by atoms with van der Waals surface area (Å²) in [6.45, 7) is 7.82. The zero-order valence-electron chi connectivity index (χ0n) is 11.7. The van der Waals surface area contributed by atoms with E-state index in [-0.39, 0.29) is 0 Å². The van der Waals surface area contributed by atoms with Gasteiger partial charge in [0.2, 0.25) is 0 Å². The van der Waals surface area contributed by atoms with Gasteiger partial charge in [0.1, 0.15) is 17.5 Å². The lowest BCUT2D eigenvalue weighted by Crippen LogP contribution is -2.20. The average molecular weight is 251 g/mol. The number of aryl methyl sites for hydroxylation is 1. The van der Waals surface area contributed by atoms with E-state index in [4.69, 9.17) is 5.73 Å². The number of aromatic nitrogens is 2. The van der Waals surface area contributed by atoms with Crippen LogP contribution in [0.2, 0.25) is 0 Å². The Morgan fingerprint density at radius 2 is 2.06 bits per heavy atom. The fourth-order valence-corrected chi connectivity index (χ4v) is 1.70. The molecule has 0 amide bonds. The van der Waals surface area contributed by atoms with Crippen molar-refractivity contribution < 1.29 is 0 Å². The molecule has 102 valence electrons. The van der Waals surface area contributed by atoms with Crippen LogP contribution in [-0.2, 0) is 0 Å². The molecule has 1 aromatic rings. The van der Waals surface area contributed by atoms with Gasteiger partial charge in [0.25, 0.3) is 0 Å². The molecule has 0 aromatic carbocycles. The van der Waals surface area contributed by atoms with E-state index in [1.807, 2.05) is 13.0 Å². The third-order valence-corrected chi connectivity index (χ3v) is 2.67. The minimum atomic E-state index is 0.327. The minimum Gasteiger partial charge on any atom is -0.370 e. The summed E-state index contributed by atoms with van der Waals surface area (Å²) < 4.78 is 0. The minimum absolute atomic E-state index is 0.327. The van der Waals surface area contributed by atoms with Gasteiger partial charge in [0.05, 0.1) is 0 Å². The number of nitrogens with one attached hydrogen (secondary N) is 2. The van der Waals surface area contributed by atoms with Gasteiger partial charge < -0.3 is 16.4 Å². The Kier molecular flexibility index (Phi) is 6.43. The van der Waals surface area contributed by atoms with Gasteiger partial charge in [-0.1, -0.05) is 13.3 Å². The first-order valence-corrected chi connectivity index (χ1v) is 6.71. The van der Waals surface area contributed by atoms with Crippen LogP contribution in [0.25, 0.3) is 0 Å². The molecule has 0 fully saturated rings. The van der Waals surface area contributed by atoms with Crippen molar-refractivity contribution in [2.24, 2.45) is 5.73 Å². The number of hydrogen-bond acceptors (Lipinski definition) is 5.